The lowest BCUT2D eigenvalue weighted by atomic mass is 9.99. The number of anilines is 2. The summed E-state index contributed by atoms with van der Waals surface area (Å²) in [6.45, 7) is 5.24. The monoisotopic (exact) mass is 306 g/mol. The number of hydrogen-bond donors (Lipinski definition) is 2. The SMILES string of the molecule is CCCCC(C)c1ncnc2c1NCN2C1CCC(CO)O1. The zero-order valence-corrected chi connectivity index (χ0v) is 13.5. The minimum absolute atomic E-state index is 0.000372. The number of aliphatic hydroxyl groups excluding tert-OH is 1. The molecule has 3 unspecified atom stereocenters. The van der Waals surface area contributed by atoms with Crippen LogP contribution in [0.5, 0.6) is 0 Å². The van der Waals surface area contributed by atoms with Crippen molar-refractivity contribution in [2.75, 3.05) is 23.5 Å². The molecule has 0 radical (unpaired) electrons. The quantitative estimate of drug-likeness (QED) is 0.841. The zero-order valence-electron chi connectivity index (χ0n) is 13.5. The van der Waals surface area contributed by atoms with Gasteiger partial charge in [0.1, 0.15) is 18.2 Å². The standard InChI is InChI=1S/C16H26N4O2/c1-3-4-5-11(2)14-15-16(18-9-17-14)20(10-19-15)13-7-6-12(8-21)22-13/h9,11-13,19,21H,3-8,10H2,1-2H3. The molecule has 1 aromatic heterocycles. The van der Waals surface area contributed by atoms with E-state index in [1.807, 2.05) is 0 Å². The van der Waals surface area contributed by atoms with Crippen molar-refractivity contribution in [1.82, 2.24) is 9.97 Å². The Labute approximate surface area is 131 Å². The van der Waals surface area contributed by atoms with Gasteiger partial charge in [-0.25, -0.2) is 9.97 Å². The molecule has 0 spiro atoms. The third-order valence-corrected chi connectivity index (χ3v) is 4.65. The number of aliphatic hydroxyl groups is 1. The second-order valence-electron chi connectivity index (χ2n) is 6.28. The minimum Gasteiger partial charge on any atom is -0.394 e. The number of nitrogens with one attached hydrogen (secondary N) is 1. The van der Waals surface area contributed by atoms with Gasteiger partial charge in [0.15, 0.2) is 5.82 Å². The molecule has 1 fully saturated rings. The summed E-state index contributed by atoms with van der Waals surface area (Å²) in [5.74, 6) is 1.37. The second-order valence-corrected chi connectivity index (χ2v) is 6.28. The topological polar surface area (TPSA) is 70.5 Å². The van der Waals surface area contributed by atoms with Crippen molar-refractivity contribution in [3.05, 3.63) is 12.0 Å². The van der Waals surface area contributed by atoms with Gasteiger partial charge < -0.3 is 20.1 Å². The number of nitrogens with zero attached hydrogens (tertiary/aromatic N) is 3. The van der Waals surface area contributed by atoms with E-state index >= 15 is 0 Å². The zero-order chi connectivity index (χ0) is 15.5. The molecule has 0 bridgehead atoms. The summed E-state index contributed by atoms with van der Waals surface area (Å²) in [4.78, 5) is 11.1. The lowest BCUT2D eigenvalue weighted by Crippen LogP contribution is -2.35. The Balaban J connectivity index is 1.77. The van der Waals surface area contributed by atoms with E-state index in [1.54, 1.807) is 6.33 Å². The highest BCUT2D eigenvalue weighted by molar-refractivity contribution is 5.73. The van der Waals surface area contributed by atoms with Gasteiger partial charge in [0.25, 0.3) is 0 Å². The Bertz CT molecular complexity index is 511. The molecule has 2 aliphatic rings. The maximum atomic E-state index is 9.24. The normalized spacial score (nSPS) is 25.1. The molecular weight excluding hydrogens is 280 g/mol. The molecule has 0 saturated carbocycles. The molecule has 3 heterocycles. The van der Waals surface area contributed by atoms with Crippen LogP contribution < -0.4 is 10.2 Å². The highest BCUT2D eigenvalue weighted by Gasteiger charge is 2.35. The van der Waals surface area contributed by atoms with E-state index in [9.17, 15) is 5.11 Å². The summed E-state index contributed by atoms with van der Waals surface area (Å²) in [6, 6.07) is 0. The van der Waals surface area contributed by atoms with Crippen molar-refractivity contribution < 1.29 is 9.84 Å². The maximum absolute atomic E-state index is 9.24. The molecule has 6 nitrogen and oxygen atoms in total. The van der Waals surface area contributed by atoms with Crippen LogP contribution in [0, 0.1) is 0 Å². The van der Waals surface area contributed by atoms with Crippen molar-refractivity contribution in [3.8, 4) is 0 Å². The predicted octanol–water partition coefficient (Wildman–Crippen LogP) is 2.46. The molecule has 1 aromatic rings. The van der Waals surface area contributed by atoms with Gasteiger partial charge in [-0.1, -0.05) is 26.7 Å². The van der Waals surface area contributed by atoms with Gasteiger partial charge in [-0.05, 0) is 19.3 Å². The molecule has 0 aliphatic carbocycles. The smallest absolute Gasteiger partial charge is 0.159 e. The Morgan fingerprint density at radius 2 is 2.32 bits per heavy atom. The minimum atomic E-state index is -0.0427. The highest BCUT2D eigenvalue weighted by atomic mass is 16.5. The number of rotatable bonds is 6. The number of ether oxygens (including phenoxy) is 1. The van der Waals surface area contributed by atoms with Crippen LogP contribution in [0.15, 0.2) is 6.33 Å². The molecule has 1 saturated heterocycles. The Morgan fingerprint density at radius 3 is 3.05 bits per heavy atom. The first-order valence-electron chi connectivity index (χ1n) is 8.36. The summed E-state index contributed by atoms with van der Waals surface area (Å²) in [5, 5.41) is 12.7. The van der Waals surface area contributed by atoms with Gasteiger partial charge in [-0.15, -0.1) is 0 Å². The van der Waals surface area contributed by atoms with Crippen molar-refractivity contribution in [1.29, 1.82) is 0 Å². The van der Waals surface area contributed by atoms with Crippen LogP contribution in [-0.4, -0.2) is 40.7 Å². The summed E-state index contributed by atoms with van der Waals surface area (Å²) in [5.41, 5.74) is 2.17. The summed E-state index contributed by atoms with van der Waals surface area (Å²) in [7, 11) is 0. The van der Waals surface area contributed by atoms with Crippen LogP contribution in [0.4, 0.5) is 11.5 Å². The van der Waals surface area contributed by atoms with E-state index in [4.69, 9.17) is 4.74 Å². The summed E-state index contributed by atoms with van der Waals surface area (Å²) < 4.78 is 5.89. The van der Waals surface area contributed by atoms with Gasteiger partial charge in [-0.2, -0.15) is 0 Å². The highest BCUT2D eigenvalue weighted by Crippen LogP contribution is 2.39. The second kappa shape index (κ2) is 6.79. The number of aromatic nitrogens is 2. The third kappa shape index (κ3) is 2.90. The molecule has 0 amide bonds. The molecule has 0 aromatic carbocycles. The van der Waals surface area contributed by atoms with Crippen molar-refractivity contribution in [2.45, 2.75) is 64.2 Å². The van der Waals surface area contributed by atoms with Crippen LogP contribution in [0.2, 0.25) is 0 Å². The molecule has 122 valence electrons. The number of unbranched alkanes of at least 4 members (excludes halogenated alkanes) is 1. The average molecular weight is 306 g/mol. The van der Waals surface area contributed by atoms with Gasteiger partial charge in [0, 0.05) is 5.92 Å². The van der Waals surface area contributed by atoms with Crippen molar-refractivity contribution in [3.63, 3.8) is 0 Å². The van der Waals surface area contributed by atoms with E-state index < -0.39 is 0 Å². The summed E-state index contributed by atoms with van der Waals surface area (Å²) in [6.07, 6.45) is 7.01. The van der Waals surface area contributed by atoms with Crippen LogP contribution >= 0.6 is 0 Å². The first-order chi connectivity index (χ1) is 10.7. The molecule has 6 heteroatoms. The van der Waals surface area contributed by atoms with Crippen molar-refractivity contribution >= 4 is 11.5 Å². The van der Waals surface area contributed by atoms with Gasteiger partial charge in [0.2, 0.25) is 0 Å². The Kier molecular flexibility index (Phi) is 4.78. The molecule has 3 rings (SSSR count). The fraction of sp³-hybridized carbons (Fsp3) is 0.750. The Morgan fingerprint density at radius 1 is 1.45 bits per heavy atom. The molecular formula is C16H26N4O2. The van der Waals surface area contributed by atoms with Crippen molar-refractivity contribution in [2.24, 2.45) is 0 Å². The van der Waals surface area contributed by atoms with E-state index in [0.29, 0.717) is 12.6 Å². The third-order valence-electron chi connectivity index (χ3n) is 4.65. The predicted molar refractivity (Wildman–Crippen MR) is 85.9 cm³/mol. The largest absolute Gasteiger partial charge is 0.394 e. The number of fused-ring (bicyclic) bond motifs is 1. The molecule has 22 heavy (non-hydrogen) atoms. The Hall–Kier alpha value is -1.40. The molecule has 2 N–H and O–H groups in total. The average Bonchev–Trinajstić information content (AvgIpc) is 3.18. The molecule has 3 atom stereocenters. The van der Waals surface area contributed by atoms with Gasteiger partial charge in [0.05, 0.1) is 25.1 Å². The first kappa shape index (κ1) is 15.5. The van der Waals surface area contributed by atoms with E-state index in [1.165, 1.54) is 12.8 Å². The fourth-order valence-corrected chi connectivity index (χ4v) is 3.33. The van der Waals surface area contributed by atoms with E-state index in [2.05, 4.69) is 34.0 Å². The van der Waals surface area contributed by atoms with Crippen LogP contribution in [0.25, 0.3) is 0 Å². The molecule has 2 aliphatic heterocycles. The van der Waals surface area contributed by atoms with Crippen LogP contribution in [-0.2, 0) is 4.74 Å². The van der Waals surface area contributed by atoms with Crippen LogP contribution in [0.1, 0.15) is 57.6 Å². The lowest BCUT2D eigenvalue weighted by molar-refractivity contribution is 0.0114. The van der Waals surface area contributed by atoms with Gasteiger partial charge >= 0.3 is 0 Å². The number of hydrogen-bond acceptors (Lipinski definition) is 6. The maximum Gasteiger partial charge on any atom is 0.159 e. The lowest BCUT2D eigenvalue weighted by Gasteiger charge is -2.24. The van der Waals surface area contributed by atoms with Gasteiger partial charge in [-0.3, -0.25) is 0 Å². The summed E-state index contributed by atoms with van der Waals surface area (Å²) >= 11 is 0. The van der Waals surface area contributed by atoms with E-state index in [0.717, 1.165) is 36.5 Å². The first-order valence-corrected chi connectivity index (χ1v) is 8.36. The fourth-order valence-electron chi connectivity index (χ4n) is 3.33. The van der Waals surface area contributed by atoms with E-state index in [-0.39, 0.29) is 18.9 Å². The van der Waals surface area contributed by atoms with Crippen LogP contribution in [0.3, 0.4) is 0 Å².